The van der Waals surface area contributed by atoms with Crippen LogP contribution in [0.2, 0.25) is 0 Å². The van der Waals surface area contributed by atoms with Crippen molar-refractivity contribution < 1.29 is 18.8 Å². The van der Waals surface area contributed by atoms with Gasteiger partial charge in [-0.25, -0.2) is 4.57 Å². The van der Waals surface area contributed by atoms with E-state index in [1.54, 1.807) is 14.2 Å². The average molecular weight is 476 g/mol. The lowest BCUT2D eigenvalue weighted by molar-refractivity contribution is -0.688. The molecular formula is C31H27N2O3+. The predicted molar refractivity (Wildman–Crippen MR) is 142 cm³/mol. The molecule has 6 rings (SSSR count). The smallest absolute Gasteiger partial charge is 0.258 e. The SMILES string of the molecule is COc1cc2c3c(cc4ccccc4c3c1OC)N(C(=O)c1cc[n+](Cc3ccccc3)cc1)CC2. The molecule has 1 amide bonds. The van der Waals surface area contributed by atoms with Crippen LogP contribution in [0.3, 0.4) is 0 Å². The number of fused-ring (bicyclic) bond motifs is 2. The van der Waals surface area contributed by atoms with Crippen molar-refractivity contribution in [3.8, 4) is 11.5 Å². The minimum atomic E-state index is -0.00104. The van der Waals surface area contributed by atoms with Gasteiger partial charge in [-0.1, -0.05) is 54.6 Å². The Hall–Kier alpha value is -4.38. The summed E-state index contributed by atoms with van der Waals surface area (Å²) in [5.74, 6) is 1.41. The van der Waals surface area contributed by atoms with Crippen molar-refractivity contribution in [2.75, 3.05) is 25.7 Å². The number of nitrogens with zero attached hydrogens (tertiary/aromatic N) is 2. The highest BCUT2D eigenvalue weighted by Gasteiger charge is 2.29. The summed E-state index contributed by atoms with van der Waals surface area (Å²) in [4.78, 5) is 15.7. The zero-order valence-corrected chi connectivity index (χ0v) is 20.4. The van der Waals surface area contributed by atoms with Gasteiger partial charge >= 0.3 is 0 Å². The van der Waals surface area contributed by atoms with Gasteiger partial charge in [0.25, 0.3) is 5.91 Å². The van der Waals surface area contributed by atoms with E-state index < -0.39 is 0 Å². The fourth-order valence-electron chi connectivity index (χ4n) is 5.30. The van der Waals surface area contributed by atoms with Crippen molar-refractivity contribution in [2.24, 2.45) is 0 Å². The Kier molecular flexibility index (Phi) is 5.53. The van der Waals surface area contributed by atoms with Gasteiger partial charge in [0, 0.05) is 35.0 Å². The molecule has 2 heterocycles. The van der Waals surface area contributed by atoms with E-state index in [0.29, 0.717) is 23.6 Å². The van der Waals surface area contributed by atoms with Crippen LogP contribution >= 0.6 is 0 Å². The number of rotatable bonds is 5. The summed E-state index contributed by atoms with van der Waals surface area (Å²) in [6.45, 7) is 1.37. The number of carbonyl (C=O) groups excluding carboxylic acids is 1. The molecule has 1 aliphatic heterocycles. The van der Waals surface area contributed by atoms with E-state index >= 15 is 0 Å². The van der Waals surface area contributed by atoms with E-state index in [4.69, 9.17) is 9.47 Å². The fourth-order valence-corrected chi connectivity index (χ4v) is 5.30. The molecule has 1 aliphatic rings. The maximum absolute atomic E-state index is 13.8. The van der Waals surface area contributed by atoms with E-state index in [1.807, 2.05) is 59.8 Å². The van der Waals surface area contributed by atoms with Crippen LogP contribution in [0.4, 0.5) is 5.69 Å². The molecule has 0 saturated carbocycles. The molecule has 0 fully saturated rings. The van der Waals surface area contributed by atoms with Crippen LogP contribution in [-0.4, -0.2) is 26.7 Å². The standard InChI is InChI=1S/C31H27N2O3/c1-35-27-19-24-14-17-33(26-18-23-10-6-7-11-25(23)29(28(24)26)30(27)36-2)31(34)22-12-15-32(16-13-22)20-21-8-4-3-5-9-21/h3-13,15-16,18-19H,14,17,20H2,1-2H3/q+1. The third-order valence-electron chi connectivity index (χ3n) is 7.02. The molecule has 0 spiro atoms. The number of amides is 1. The Balaban J connectivity index is 1.44. The topological polar surface area (TPSA) is 42.7 Å². The van der Waals surface area contributed by atoms with Crippen molar-refractivity contribution in [1.29, 1.82) is 0 Å². The van der Waals surface area contributed by atoms with E-state index in [1.165, 1.54) is 11.1 Å². The quantitative estimate of drug-likeness (QED) is 0.247. The van der Waals surface area contributed by atoms with E-state index in [0.717, 1.165) is 40.2 Å². The average Bonchev–Trinajstić information content (AvgIpc) is 2.93. The number of ether oxygens (including phenoxy) is 2. The zero-order valence-electron chi connectivity index (χ0n) is 20.4. The number of aromatic nitrogens is 1. The first-order valence-corrected chi connectivity index (χ1v) is 12.1. The molecule has 0 N–H and O–H groups in total. The monoisotopic (exact) mass is 475 g/mol. The second-order valence-electron chi connectivity index (χ2n) is 9.09. The number of anilines is 1. The Morgan fingerprint density at radius 1 is 0.889 bits per heavy atom. The second kappa shape index (κ2) is 9.00. The lowest BCUT2D eigenvalue weighted by Crippen LogP contribution is -2.37. The fraction of sp³-hybridized carbons (Fsp3) is 0.161. The first-order valence-electron chi connectivity index (χ1n) is 12.1. The highest BCUT2D eigenvalue weighted by molar-refractivity contribution is 6.21. The van der Waals surface area contributed by atoms with Crippen LogP contribution in [0, 0.1) is 0 Å². The van der Waals surface area contributed by atoms with Crippen molar-refractivity contribution in [1.82, 2.24) is 0 Å². The third kappa shape index (κ3) is 3.64. The Labute approximate surface area is 210 Å². The van der Waals surface area contributed by atoms with Crippen molar-refractivity contribution in [2.45, 2.75) is 13.0 Å². The molecule has 5 aromatic rings. The number of hydrogen-bond acceptors (Lipinski definition) is 3. The summed E-state index contributed by atoms with van der Waals surface area (Å²) >= 11 is 0. The van der Waals surface area contributed by atoms with E-state index in [-0.39, 0.29) is 5.91 Å². The number of methoxy groups -OCH3 is 2. The molecule has 0 bridgehead atoms. The predicted octanol–water partition coefficient (Wildman–Crippen LogP) is 5.55. The molecular weight excluding hydrogens is 448 g/mol. The molecule has 0 aliphatic carbocycles. The number of hydrogen-bond donors (Lipinski definition) is 0. The van der Waals surface area contributed by atoms with Crippen LogP contribution in [0.25, 0.3) is 21.5 Å². The van der Waals surface area contributed by atoms with Crippen molar-refractivity contribution in [3.05, 3.63) is 108 Å². The molecule has 0 atom stereocenters. The lowest BCUT2D eigenvalue weighted by atomic mass is 9.90. The highest BCUT2D eigenvalue weighted by Crippen LogP contribution is 2.47. The molecule has 5 nitrogen and oxygen atoms in total. The Bertz CT molecular complexity index is 1590. The Morgan fingerprint density at radius 3 is 2.39 bits per heavy atom. The van der Waals surface area contributed by atoms with Crippen LogP contribution < -0.4 is 18.9 Å². The van der Waals surface area contributed by atoms with Crippen LogP contribution in [0.15, 0.2) is 91.3 Å². The van der Waals surface area contributed by atoms with Crippen LogP contribution in [0.5, 0.6) is 11.5 Å². The molecule has 178 valence electrons. The van der Waals surface area contributed by atoms with Crippen molar-refractivity contribution in [3.63, 3.8) is 0 Å². The highest BCUT2D eigenvalue weighted by atomic mass is 16.5. The van der Waals surface area contributed by atoms with Gasteiger partial charge in [0.1, 0.15) is 0 Å². The number of benzene rings is 4. The van der Waals surface area contributed by atoms with Gasteiger partial charge in [0.2, 0.25) is 0 Å². The van der Waals surface area contributed by atoms with Gasteiger partial charge < -0.3 is 14.4 Å². The largest absolute Gasteiger partial charge is 0.493 e. The lowest BCUT2D eigenvalue weighted by Gasteiger charge is -2.31. The molecule has 4 aromatic carbocycles. The van der Waals surface area contributed by atoms with Gasteiger partial charge in [0.05, 0.1) is 25.5 Å². The summed E-state index contributed by atoms with van der Waals surface area (Å²) in [6.07, 6.45) is 4.69. The first-order chi connectivity index (χ1) is 17.7. The van der Waals surface area contributed by atoms with E-state index in [9.17, 15) is 4.79 Å². The summed E-state index contributed by atoms with van der Waals surface area (Å²) < 4.78 is 13.6. The normalized spacial score (nSPS) is 12.7. The van der Waals surface area contributed by atoms with Gasteiger partial charge in [-0.2, -0.15) is 0 Å². The minimum absolute atomic E-state index is 0.00104. The summed E-state index contributed by atoms with van der Waals surface area (Å²) in [7, 11) is 3.34. The van der Waals surface area contributed by atoms with Crippen molar-refractivity contribution >= 4 is 33.1 Å². The number of pyridine rings is 1. The third-order valence-corrected chi connectivity index (χ3v) is 7.02. The molecule has 5 heteroatoms. The van der Waals surface area contributed by atoms with Gasteiger partial charge in [-0.15, -0.1) is 0 Å². The van der Waals surface area contributed by atoms with Crippen LogP contribution in [0.1, 0.15) is 21.5 Å². The molecule has 0 radical (unpaired) electrons. The summed E-state index contributed by atoms with van der Waals surface area (Å²) in [5.41, 5.74) is 3.97. The molecule has 1 aromatic heterocycles. The van der Waals surface area contributed by atoms with E-state index in [2.05, 4.69) is 41.0 Å². The summed E-state index contributed by atoms with van der Waals surface area (Å²) in [5, 5.41) is 4.20. The van der Waals surface area contributed by atoms with Gasteiger partial charge in [0.15, 0.2) is 30.4 Å². The molecule has 36 heavy (non-hydrogen) atoms. The van der Waals surface area contributed by atoms with Gasteiger partial charge in [-0.05, 0) is 34.9 Å². The maximum Gasteiger partial charge on any atom is 0.258 e. The second-order valence-corrected chi connectivity index (χ2v) is 9.09. The van der Waals surface area contributed by atoms with Crippen LogP contribution in [-0.2, 0) is 13.0 Å². The van der Waals surface area contributed by atoms with Gasteiger partial charge in [-0.3, -0.25) is 4.79 Å². The minimum Gasteiger partial charge on any atom is -0.493 e. The summed E-state index contributed by atoms with van der Waals surface area (Å²) in [6, 6.07) is 26.5. The zero-order chi connectivity index (χ0) is 24.6. The number of carbonyl (C=O) groups is 1. The molecule has 0 unspecified atom stereocenters. The Morgan fingerprint density at radius 2 is 1.64 bits per heavy atom. The molecule has 0 saturated heterocycles. The maximum atomic E-state index is 13.8. The first kappa shape index (κ1) is 22.1.